The van der Waals surface area contributed by atoms with Crippen molar-refractivity contribution in [2.45, 2.75) is 25.8 Å². The summed E-state index contributed by atoms with van der Waals surface area (Å²) >= 11 is 0. The molecule has 0 aliphatic rings. The van der Waals surface area contributed by atoms with E-state index in [1.165, 1.54) is 6.20 Å². The van der Waals surface area contributed by atoms with Crippen molar-refractivity contribution in [3.63, 3.8) is 0 Å². The molecular formula is C20H21N7O3S. The smallest absolute Gasteiger partial charge is 0.280 e. The molecule has 0 spiro atoms. The minimum absolute atomic E-state index is 0.0363. The van der Waals surface area contributed by atoms with Gasteiger partial charge >= 0.3 is 0 Å². The number of nitrogens with one attached hydrogen (secondary N) is 1. The van der Waals surface area contributed by atoms with Gasteiger partial charge in [0.05, 0.1) is 5.69 Å². The number of rotatable bonds is 6. The maximum Gasteiger partial charge on any atom is 0.280 e. The molecule has 0 atom stereocenters. The second kappa shape index (κ2) is 7.84. The molecule has 1 aromatic carbocycles. The second-order valence-electron chi connectivity index (χ2n) is 7.04. The van der Waals surface area contributed by atoms with Gasteiger partial charge < -0.3 is 9.30 Å². The molecule has 3 heterocycles. The number of ether oxygens (including phenoxy) is 1. The highest BCUT2D eigenvalue weighted by molar-refractivity contribution is 7.92. The first kappa shape index (κ1) is 20.5. The third-order valence-corrected chi connectivity index (χ3v) is 5.80. The average Bonchev–Trinajstić information content (AvgIpc) is 3.25. The Hall–Kier alpha value is -3.73. The van der Waals surface area contributed by atoms with E-state index in [1.807, 2.05) is 19.9 Å². The summed E-state index contributed by atoms with van der Waals surface area (Å²) in [5.74, 6) is 1.99. The predicted octanol–water partition coefficient (Wildman–Crippen LogP) is 2.91. The minimum atomic E-state index is -3.77. The monoisotopic (exact) mass is 439 g/mol. The highest BCUT2D eigenvalue weighted by atomic mass is 32.2. The lowest BCUT2D eigenvalue weighted by Crippen LogP contribution is -2.13. The summed E-state index contributed by atoms with van der Waals surface area (Å²) < 4.78 is 36.5. The van der Waals surface area contributed by atoms with Gasteiger partial charge in [-0.2, -0.15) is 13.5 Å². The van der Waals surface area contributed by atoms with E-state index in [0.717, 1.165) is 11.4 Å². The summed E-state index contributed by atoms with van der Waals surface area (Å²) in [6, 6.07) is 11.9. The zero-order valence-corrected chi connectivity index (χ0v) is 18.3. The summed E-state index contributed by atoms with van der Waals surface area (Å²) in [6.45, 7) is 5.59. The average molecular weight is 440 g/mol. The van der Waals surface area contributed by atoms with Gasteiger partial charge in [-0.3, -0.25) is 4.72 Å². The summed E-state index contributed by atoms with van der Waals surface area (Å²) in [4.78, 5) is 4.05. The van der Waals surface area contributed by atoms with E-state index in [0.29, 0.717) is 29.0 Å². The number of sulfonamides is 1. The maximum absolute atomic E-state index is 12.5. The Morgan fingerprint density at radius 3 is 2.29 bits per heavy atom. The molecule has 0 radical (unpaired) electrons. The normalized spacial score (nSPS) is 11.5. The van der Waals surface area contributed by atoms with Gasteiger partial charge in [0.25, 0.3) is 10.0 Å². The lowest BCUT2D eigenvalue weighted by Gasteiger charge is -2.08. The number of benzene rings is 1. The fraction of sp³-hybridized carbons (Fsp3) is 0.200. The number of imidazole rings is 1. The highest BCUT2D eigenvalue weighted by Gasteiger charge is 2.18. The van der Waals surface area contributed by atoms with Crippen LogP contribution in [0, 0.1) is 20.8 Å². The van der Waals surface area contributed by atoms with Crippen LogP contribution in [0.25, 0.3) is 5.82 Å². The van der Waals surface area contributed by atoms with Crippen LogP contribution in [-0.4, -0.2) is 37.9 Å². The number of anilines is 1. The van der Waals surface area contributed by atoms with E-state index >= 15 is 0 Å². The highest BCUT2D eigenvalue weighted by Crippen LogP contribution is 2.23. The molecule has 1 N–H and O–H groups in total. The maximum atomic E-state index is 12.5. The van der Waals surface area contributed by atoms with Crippen LogP contribution in [0.4, 0.5) is 5.69 Å². The van der Waals surface area contributed by atoms with Crippen molar-refractivity contribution in [2.24, 2.45) is 7.05 Å². The standard InChI is InChI=1S/C20H21N7O3S/c1-13-11-14(2)27(24-13)18-9-10-19(23-22-18)30-17-7-5-16(6-8-17)25-31(28,29)20-12-26(4)15(3)21-20/h5-12,25H,1-4H3. The first-order valence-corrected chi connectivity index (χ1v) is 10.9. The quantitative estimate of drug-likeness (QED) is 0.491. The number of hydrogen-bond donors (Lipinski definition) is 1. The molecule has 4 rings (SSSR count). The van der Waals surface area contributed by atoms with Gasteiger partial charge in [-0.25, -0.2) is 9.67 Å². The molecule has 160 valence electrons. The first-order valence-electron chi connectivity index (χ1n) is 9.39. The van der Waals surface area contributed by atoms with Crippen molar-refractivity contribution >= 4 is 15.7 Å². The number of aryl methyl sites for hydroxylation is 4. The third-order valence-electron chi connectivity index (χ3n) is 4.54. The molecular weight excluding hydrogens is 418 g/mol. The van der Waals surface area contributed by atoms with Crippen LogP contribution < -0.4 is 9.46 Å². The van der Waals surface area contributed by atoms with E-state index in [-0.39, 0.29) is 5.03 Å². The molecule has 0 aliphatic carbocycles. The van der Waals surface area contributed by atoms with E-state index in [9.17, 15) is 8.42 Å². The Morgan fingerprint density at radius 1 is 1.00 bits per heavy atom. The topological polar surface area (TPSA) is 117 Å². The second-order valence-corrected chi connectivity index (χ2v) is 8.67. The van der Waals surface area contributed by atoms with Crippen LogP contribution in [-0.2, 0) is 17.1 Å². The van der Waals surface area contributed by atoms with Crippen LogP contribution in [0.5, 0.6) is 11.6 Å². The zero-order valence-electron chi connectivity index (χ0n) is 17.4. The van der Waals surface area contributed by atoms with Gasteiger partial charge in [-0.15, -0.1) is 10.2 Å². The van der Waals surface area contributed by atoms with Gasteiger partial charge in [-0.05, 0) is 57.2 Å². The van der Waals surface area contributed by atoms with Gasteiger partial charge in [0.1, 0.15) is 11.6 Å². The summed E-state index contributed by atoms with van der Waals surface area (Å²) in [5, 5.41) is 12.6. The Labute approximate surface area is 179 Å². The van der Waals surface area contributed by atoms with E-state index in [1.54, 1.807) is 59.6 Å². The van der Waals surface area contributed by atoms with Crippen molar-refractivity contribution in [1.82, 2.24) is 29.5 Å². The largest absolute Gasteiger partial charge is 0.438 e. The van der Waals surface area contributed by atoms with E-state index in [2.05, 4.69) is 25.0 Å². The molecule has 0 aliphatic heterocycles. The SMILES string of the molecule is Cc1cc(C)n(-c2ccc(Oc3ccc(NS(=O)(=O)c4cn(C)c(C)n4)cc3)nn2)n1. The molecule has 10 nitrogen and oxygen atoms in total. The van der Waals surface area contributed by atoms with Gasteiger partial charge in [-0.1, -0.05) is 0 Å². The van der Waals surface area contributed by atoms with E-state index < -0.39 is 10.0 Å². The Morgan fingerprint density at radius 2 is 1.74 bits per heavy atom. The molecule has 31 heavy (non-hydrogen) atoms. The molecule has 0 amide bonds. The number of hydrogen-bond acceptors (Lipinski definition) is 7. The Bertz CT molecular complexity index is 1300. The molecule has 11 heteroatoms. The molecule has 0 fully saturated rings. The molecule has 0 unspecified atom stereocenters. The summed E-state index contributed by atoms with van der Waals surface area (Å²) in [6.07, 6.45) is 1.46. The van der Waals surface area contributed by atoms with Crippen LogP contribution >= 0.6 is 0 Å². The van der Waals surface area contributed by atoms with Crippen LogP contribution in [0.2, 0.25) is 0 Å². The lowest BCUT2D eigenvalue weighted by atomic mass is 10.3. The number of nitrogens with zero attached hydrogens (tertiary/aromatic N) is 6. The zero-order chi connectivity index (χ0) is 22.2. The molecule has 0 saturated carbocycles. The summed E-state index contributed by atoms with van der Waals surface area (Å²) in [5.41, 5.74) is 2.24. The van der Waals surface area contributed by atoms with Crippen molar-refractivity contribution in [3.05, 3.63) is 65.9 Å². The van der Waals surface area contributed by atoms with Crippen molar-refractivity contribution in [2.75, 3.05) is 4.72 Å². The number of aromatic nitrogens is 6. The summed E-state index contributed by atoms with van der Waals surface area (Å²) in [7, 11) is -2.04. The molecule has 3 aromatic heterocycles. The van der Waals surface area contributed by atoms with E-state index in [4.69, 9.17) is 4.74 Å². The molecule has 4 aromatic rings. The van der Waals surface area contributed by atoms with Crippen LogP contribution in [0.1, 0.15) is 17.2 Å². The first-order chi connectivity index (χ1) is 14.7. The van der Waals surface area contributed by atoms with Crippen molar-refractivity contribution in [3.8, 4) is 17.4 Å². The molecule has 0 saturated heterocycles. The minimum Gasteiger partial charge on any atom is -0.438 e. The van der Waals surface area contributed by atoms with Gasteiger partial charge in [0, 0.05) is 30.7 Å². The lowest BCUT2D eigenvalue weighted by molar-refractivity contribution is 0.454. The van der Waals surface area contributed by atoms with Gasteiger partial charge in [0.15, 0.2) is 10.8 Å². The van der Waals surface area contributed by atoms with Crippen molar-refractivity contribution in [1.29, 1.82) is 0 Å². The van der Waals surface area contributed by atoms with Crippen LogP contribution in [0.3, 0.4) is 0 Å². The fourth-order valence-corrected chi connectivity index (χ4v) is 4.02. The van der Waals surface area contributed by atoms with Gasteiger partial charge in [0.2, 0.25) is 5.88 Å². The Kier molecular flexibility index (Phi) is 5.19. The van der Waals surface area contributed by atoms with Crippen molar-refractivity contribution < 1.29 is 13.2 Å². The Balaban J connectivity index is 1.44. The van der Waals surface area contributed by atoms with Crippen LogP contribution in [0.15, 0.2) is 53.7 Å². The molecule has 0 bridgehead atoms. The fourth-order valence-electron chi connectivity index (χ4n) is 2.92. The predicted molar refractivity (Wildman–Crippen MR) is 114 cm³/mol. The third kappa shape index (κ3) is 4.40.